The van der Waals surface area contributed by atoms with E-state index < -0.39 is 0 Å². The van der Waals surface area contributed by atoms with Gasteiger partial charge in [0.25, 0.3) is 0 Å². The molecule has 1 aromatic carbocycles. The van der Waals surface area contributed by atoms with Crippen molar-refractivity contribution in [3.8, 4) is 0 Å². The molecule has 0 spiro atoms. The van der Waals surface area contributed by atoms with Gasteiger partial charge in [-0.15, -0.1) is 11.8 Å². The van der Waals surface area contributed by atoms with E-state index in [2.05, 4.69) is 52.6 Å². The first kappa shape index (κ1) is 12.4. The molecule has 0 saturated carbocycles. The molecule has 0 nitrogen and oxygen atoms in total. The van der Waals surface area contributed by atoms with E-state index in [0.717, 1.165) is 0 Å². The van der Waals surface area contributed by atoms with E-state index in [0.29, 0.717) is 5.25 Å². The van der Waals surface area contributed by atoms with Crippen molar-refractivity contribution in [3.63, 3.8) is 0 Å². The van der Waals surface area contributed by atoms with Crippen LogP contribution in [0.3, 0.4) is 0 Å². The van der Waals surface area contributed by atoms with E-state index >= 15 is 0 Å². The molecule has 82 valence electrons. The van der Waals surface area contributed by atoms with Crippen LogP contribution in [-0.4, -0.2) is 5.25 Å². The minimum absolute atomic E-state index is 0.230. The van der Waals surface area contributed by atoms with Crippen LogP contribution >= 0.6 is 11.8 Å². The average Bonchev–Trinajstić information content (AvgIpc) is 2.81. The first-order valence-corrected chi connectivity index (χ1v) is 11.3. The molecule has 0 aromatic heterocycles. The number of allylic oxidation sites excluding steroid dienone is 1. The zero-order chi connectivity index (χ0) is 11.5. The third-order valence-electron chi connectivity index (χ3n) is 2.52. The Morgan fingerprint density at radius 2 is 1.88 bits per heavy atom. The molecule has 1 atom stereocenters. The van der Waals surface area contributed by atoms with E-state index in [1.807, 2.05) is 11.8 Å². The number of fused-ring (bicyclic) bond motifs is 3. The van der Waals surface area contributed by atoms with Gasteiger partial charge in [-0.25, -0.2) is 0 Å². The van der Waals surface area contributed by atoms with Gasteiger partial charge in [-0.05, 0) is 22.9 Å². The predicted octanol–water partition coefficient (Wildman–Crippen LogP) is 2.93. The van der Waals surface area contributed by atoms with Gasteiger partial charge in [-0.2, -0.15) is 0 Å². The van der Waals surface area contributed by atoms with Gasteiger partial charge >= 0.3 is 32.5 Å². The summed E-state index contributed by atoms with van der Waals surface area (Å²) in [7, 11) is 0. The summed E-state index contributed by atoms with van der Waals surface area (Å²) in [6, 6.07) is 4.44. The molecule has 0 bridgehead atoms. The summed E-state index contributed by atoms with van der Waals surface area (Å²) in [5.41, 5.74) is 1.42. The molecular formula is C14H16SZr. The van der Waals surface area contributed by atoms with Crippen molar-refractivity contribution in [2.75, 3.05) is 0 Å². The van der Waals surface area contributed by atoms with E-state index in [-0.39, 0.29) is 23.2 Å². The number of benzene rings is 1. The summed E-state index contributed by atoms with van der Waals surface area (Å²) in [4.78, 5) is 1.47. The molecule has 0 fully saturated rings. The quantitative estimate of drug-likeness (QED) is 0.710. The van der Waals surface area contributed by atoms with Crippen molar-refractivity contribution in [1.82, 2.24) is 0 Å². The molecule has 2 heteroatoms. The summed E-state index contributed by atoms with van der Waals surface area (Å²) in [6.07, 6.45) is 8.87. The van der Waals surface area contributed by atoms with Crippen LogP contribution in [0, 0.1) is 0 Å². The normalized spacial score (nSPS) is 18.8. The van der Waals surface area contributed by atoms with Gasteiger partial charge in [0, 0.05) is 10.1 Å². The Balaban J connectivity index is 0.000000292. The molecule has 2 aliphatic rings. The molecule has 1 aliphatic heterocycles. The van der Waals surface area contributed by atoms with Crippen LogP contribution in [0.1, 0.15) is 12.5 Å². The molecule has 0 N–H and O–H groups in total. The Labute approximate surface area is 113 Å². The summed E-state index contributed by atoms with van der Waals surface area (Å²) in [5, 5.41) is 3.42. The Morgan fingerprint density at radius 3 is 2.62 bits per heavy atom. The molecule has 0 amide bonds. The fraction of sp³-hybridized carbons (Fsp3) is 0.286. The van der Waals surface area contributed by atoms with Crippen LogP contribution in [0.4, 0.5) is 0 Å². The van der Waals surface area contributed by atoms with E-state index in [4.69, 9.17) is 0 Å². The average molecular weight is 308 g/mol. The second-order valence-corrected chi connectivity index (χ2v) is 7.85. The van der Waals surface area contributed by atoms with Crippen LogP contribution in [0.15, 0.2) is 23.1 Å². The fourth-order valence-electron chi connectivity index (χ4n) is 1.93. The van der Waals surface area contributed by atoms with Crippen LogP contribution in [-0.2, 0) is 23.2 Å². The van der Waals surface area contributed by atoms with Crippen molar-refractivity contribution < 1.29 is 23.2 Å². The van der Waals surface area contributed by atoms with E-state index in [1.54, 1.807) is 0 Å². The first-order chi connectivity index (χ1) is 7.76. The van der Waals surface area contributed by atoms with Crippen molar-refractivity contribution in [2.45, 2.75) is 26.3 Å². The van der Waals surface area contributed by atoms with Crippen molar-refractivity contribution in [2.24, 2.45) is 0 Å². The second-order valence-electron chi connectivity index (χ2n) is 4.00. The standard InChI is InChI=1S/C12H10S.2CH3.Zr/c1-8-7-10-6-5-9-3-2-4-11(9)12(10)13-8;;;/h2-8H,1H3;2*1H3;. The minimum atomic E-state index is 0.230. The number of thioether (sulfide) groups is 1. The first-order valence-electron chi connectivity index (χ1n) is 5.54. The van der Waals surface area contributed by atoms with Crippen LogP contribution in [0.25, 0.3) is 18.2 Å². The van der Waals surface area contributed by atoms with Gasteiger partial charge in [0.1, 0.15) is 0 Å². The topological polar surface area (TPSA) is 0 Å². The molecule has 16 heavy (non-hydrogen) atoms. The maximum absolute atomic E-state index is 2.34. The zero-order valence-corrected chi connectivity index (χ0v) is 13.2. The van der Waals surface area contributed by atoms with Gasteiger partial charge < -0.3 is 0 Å². The van der Waals surface area contributed by atoms with Crippen molar-refractivity contribution >= 4 is 30.0 Å². The summed E-state index contributed by atoms with van der Waals surface area (Å²) in [5.74, 6) is 0. The Bertz CT molecular complexity index is 528. The van der Waals surface area contributed by atoms with Gasteiger partial charge in [0.2, 0.25) is 0 Å². The van der Waals surface area contributed by atoms with E-state index in [1.165, 1.54) is 20.9 Å². The molecule has 1 heterocycles. The third-order valence-corrected chi connectivity index (χ3v) is 3.72. The second kappa shape index (κ2) is 5.51. The number of hydrogen-bond donors (Lipinski definition) is 0. The van der Waals surface area contributed by atoms with Crippen LogP contribution in [0.2, 0.25) is 9.26 Å². The SMILES string of the molecule is CC1C=c2ccc3c(c2S1)C=CC=3.[CH3][Zr][CH3]. The monoisotopic (exact) mass is 306 g/mol. The van der Waals surface area contributed by atoms with Crippen molar-refractivity contribution in [3.05, 3.63) is 34.2 Å². The fourth-order valence-corrected chi connectivity index (χ4v) is 3.10. The molecule has 3 rings (SSSR count). The van der Waals surface area contributed by atoms with Gasteiger partial charge in [0.05, 0.1) is 0 Å². The molecule has 1 aliphatic carbocycles. The Kier molecular flexibility index (Phi) is 4.27. The van der Waals surface area contributed by atoms with Gasteiger partial charge in [-0.3, -0.25) is 0 Å². The molecule has 0 saturated heterocycles. The summed E-state index contributed by atoms with van der Waals surface area (Å²) >= 11 is 2.20. The Hall–Kier alpha value is -0.0669. The molecule has 1 aromatic rings. The van der Waals surface area contributed by atoms with Crippen molar-refractivity contribution in [1.29, 1.82) is 0 Å². The number of hydrogen-bond acceptors (Lipinski definition) is 1. The molecule has 1 unspecified atom stereocenters. The van der Waals surface area contributed by atoms with Gasteiger partial charge in [-0.1, -0.05) is 36.4 Å². The Morgan fingerprint density at radius 1 is 1.19 bits per heavy atom. The zero-order valence-electron chi connectivity index (χ0n) is 9.95. The molecule has 0 radical (unpaired) electrons. The summed E-state index contributed by atoms with van der Waals surface area (Å²) < 4.78 is 4.59. The molecular weight excluding hydrogens is 291 g/mol. The van der Waals surface area contributed by atoms with Crippen LogP contribution in [0.5, 0.6) is 0 Å². The van der Waals surface area contributed by atoms with Crippen LogP contribution < -0.4 is 10.4 Å². The maximum atomic E-state index is 2.34. The summed E-state index contributed by atoms with van der Waals surface area (Å²) in [6.45, 7) is 2.25. The predicted molar refractivity (Wildman–Crippen MR) is 70.7 cm³/mol. The van der Waals surface area contributed by atoms with E-state index in [9.17, 15) is 0 Å². The van der Waals surface area contributed by atoms with Gasteiger partial charge in [0.15, 0.2) is 0 Å². The number of rotatable bonds is 0. The third kappa shape index (κ3) is 2.44.